The first-order chi connectivity index (χ1) is 7.15. The van der Waals surface area contributed by atoms with E-state index in [1.807, 2.05) is 0 Å². The van der Waals surface area contributed by atoms with E-state index in [4.69, 9.17) is 20.8 Å². The van der Waals surface area contributed by atoms with E-state index in [1.54, 1.807) is 19.1 Å². The number of hydrogen-bond donors (Lipinski definition) is 0. The number of carbonyl (C=O) groups is 1. The Kier molecular flexibility index (Phi) is 2.40. The van der Waals surface area contributed by atoms with Crippen LogP contribution in [0.15, 0.2) is 22.8 Å². The van der Waals surface area contributed by atoms with Crippen LogP contribution in [0.3, 0.4) is 0 Å². The number of esters is 1. The van der Waals surface area contributed by atoms with Gasteiger partial charge in [-0.1, -0.05) is 11.6 Å². The topological polar surface area (TPSA) is 39.4 Å². The molecule has 1 heterocycles. The summed E-state index contributed by atoms with van der Waals surface area (Å²) in [5, 5.41) is 1.33. The summed E-state index contributed by atoms with van der Waals surface area (Å²) in [5.74, 6) is -0.435. The normalized spacial score (nSPS) is 10.6. The Hall–Kier alpha value is -1.48. The molecular formula is C11H9ClO3. The van der Waals surface area contributed by atoms with Crippen LogP contribution >= 0.6 is 11.6 Å². The van der Waals surface area contributed by atoms with Crippen LogP contribution in [-0.4, -0.2) is 13.1 Å². The van der Waals surface area contributed by atoms with Crippen molar-refractivity contribution in [2.45, 2.75) is 6.92 Å². The summed E-state index contributed by atoms with van der Waals surface area (Å²) in [6.07, 6.45) is 1.52. The second-order valence-electron chi connectivity index (χ2n) is 3.19. The molecule has 0 bridgehead atoms. The monoisotopic (exact) mass is 224 g/mol. The van der Waals surface area contributed by atoms with Crippen molar-refractivity contribution in [2.24, 2.45) is 0 Å². The van der Waals surface area contributed by atoms with Crippen LogP contribution in [0.1, 0.15) is 15.9 Å². The molecule has 78 valence electrons. The van der Waals surface area contributed by atoms with Gasteiger partial charge < -0.3 is 9.15 Å². The van der Waals surface area contributed by atoms with Crippen molar-refractivity contribution in [3.05, 3.63) is 34.5 Å². The first kappa shape index (κ1) is 10.1. The number of benzene rings is 1. The van der Waals surface area contributed by atoms with Crippen molar-refractivity contribution >= 4 is 28.5 Å². The molecule has 1 aromatic heterocycles. The Morgan fingerprint density at radius 1 is 1.53 bits per heavy atom. The molecule has 0 saturated heterocycles. The molecule has 0 saturated carbocycles. The largest absolute Gasteiger partial charge is 0.465 e. The van der Waals surface area contributed by atoms with E-state index in [0.29, 0.717) is 21.7 Å². The third-order valence-corrected chi connectivity index (χ3v) is 2.72. The average molecular weight is 225 g/mol. The predicted octanol–water partition coefficient (Wildman–Crippen LogP) is 3.18. The molecule has 0 unspecified atom stereocenters. The van der Waals surface area contributed by atoms with Gasteiger partial charge in [0.1, 0.15) is 11.1 Å². The zero-order valence-corrected chi connectivity index (χ0v) is 9.09. The van der Waals surface area contributed by atoms with E-state index in [-0.39, 0.29) is 0 Å². The number of rotatable bonds is 1. The van der Waals surface area contributed by atoms with Gasteiger partial charge in [-0.3, -0.25) is 0 Å². The van der Waals surface area contributed by atoms with Gasteiger partial charge in [-0.25, -0.2) is 4.79 Å². The van der Waals surface area contributed by atoms with Crippen molar-refractivity contribution in [3.63, 3.8) is 0 Å². The fraction of sp³-hybridized carbons (Fsp3) is 0.182. The Morgan fingerprint density at radius 3 is 2.93 bits per heavy atom. The minimum absolute atomic E-state index is 0.394. The summed E-state index contributed by atoms with van der Waals surface area (Å²) in [4.78, 5) is 11.6. The van der Waals surface area contributed by atoms with Crippen LogP contribution in [-0.2, 0) is 4.74 Å². The molecule has 0 spiro atoms. The van der Waals surface area contributed by atoms with E-state index >= 15 is 0 Å². The van der Waals surface area contributed by atoms with Gasteiger partial charge in [-0.15, -0.1) is 0 Å². The third kappa shape index (κ3) is 1.49. The molecule has 0 aliphatic rings. The second-order valence-corrected chi connectivity index (χ2v) is 3.60. The number of furan rings is 1. The molecule has 0 atom stereocenters. The number of ether oxygens (including phenoxy) is 1. The minimum Gasteiger partial charge on any atom is -0.465 e. The van der Waals surface area contributed by atoms with E-state index in [9.17, 15) is 4.79 Å². The zero-order valence-electron chi connectivity index (χ0n) is 8.33. The van der Waals surface area contributed by atoms with E-state index in [0.717, 1.165) is 5.39 Å². The second kappa shape index (κ2) is 3.59. The summed E-state index contributed by atoms with van der Waals surface area (Å²) in [7, 11) is 1.33. The molecule has 4 heteroatoms. The summed E-state index contributed by atoms with van der Waals surface area (Å²) >= 11 is 6.00. The lowest BCUT2D eigenvalue weighted by atomic mass is 10.1. The summed E-state index contributed by atoms with van der Waals surface area (Å²) in [5.41, 5.74) is 1.58. The van der Waals surface area contributed by atoms with Crippen LogP contribution in [0.25, 0.3) is 11.0 Å². The Morgan fingerprint density at radius 2 is 2.27 bits per heavy atom. The van der Waals surface area contributed by atoms with Crippen LogP contribution in [0.4, 0.5) is 0 Å². The molecule has 0 radical (unpaired) electrons. The van der Waals surface area contributed by atoms with Gasteiger partial charge in [0.25, 0.3) is 0 Å². The number of hydrogen-bond acceptors (Lipinski definition) is 3. The van der Waals surface area contributed by atoms with Gasteiger partial charge in [0, 0.05) is 10.4 Å². The van der Waals surface area contributed by atoms with Crippen molar-refractivity contribution in [3.8, 4) is 0 Å². The molecule has 0 fully saturated rings. The van der Waals surface area contributed by atoms with Gasteiger partial charge in [0.15, 0.2) is 0 Å². The molecular weight excluding hydrogens is 216 g/mol. The SMILES string of the molecule is COC(=O)c1c(C)c(Cl)cc2ccoc12. The van der Waals surface area contributed by atoms with Crippen LogP contribution in [0.2, 0.25) is 5.02 Å². The van der Waals surface area contributed by atoms with Crippen molar-refractivity contribution in [2.75, 3.05) is 7.11 Å². The third-order valence-electron chi connectivity index (χ3n) is 2.33. The molecule has 0 aliphatic heterocycles. The summed E-state index contributed by atoms with van der Waals surface area (Å²) in [6, 6.07) is 3.52. The van der Waals surface area contributed by atoms with Gasteiger partial charge in [0.2, 0.25) is 0 Å². The first-order valence-corrected chi connectivity index (χ1v) is 4.77. The van der Waals surface area contributed by atoms with E-state index < -0.39 is 5.97 Å². The minimum atomic E-state index is -0.435. The highest BCUT2D eigenvalue weighted by Crippen LogP contribution is 2.29. The van der Waals surface area contributed by atoms with Crippen molar-refractivity contribution in [1.29, 1.82) is 0 Å². The van der Waals surface area contributed by atoms with Crippen molar-refractivity contribution < 1.29 is 13.9 Å². The Bertz CT molecular complexity index is 528. The maximum absolute atomic E-state index is 11.6. The fourth-order valence-corrected chi connectivity index (χ4v) is 1.73. The summed E-state index contributed by atoms with van der Waals surface area (Å²) < 4.78 is 9.94. The number of halogens is 1. The molecule has 3 nitrogen and oxygen atoms in total. The fourth-order valence-electron chi connectivity index (χ4n) is 1.52. The van der Waals surface area contributed by atoms with Crippen LogP contribution < -0.4 is 0 Å². The highest BCUT2D eigenvalue weighted by atomic mass is 35.5. The Balaban J connectivity index is 2.83. The van der Waals surface area contributed by atoms with E-state index in [2.05, 4.69) is 0 Å². The maximum atomic E-state index is 11.6. The number of fused-ring (bicyclic) bond motifs is 1. The average Bonchev–Trinajstić information content (AvgIpc) is 2.66. The molecule has 0 N–H and O–H groups in total. The number of methoxy groups -OCH3 is 1. The highest BCUT2D eigenvalue weighted by molar-refractivity contribution is 6.33. The molecule has 1 aromatic carbocycles. The molecule has 2 rings (SSSR count). The molecule has 2 aromatic rings. The predicted molar refractivity (Wildman–Crippen MR) is 57.3 cm³/mol. The van der Waals surface area contributed by atoms with Crippen LogP contribution in [0.5, 0.6) is 0 Å². The number of carbonyl (C=O) groups excluding carboxylic acids is 1. The lowest BCUT2D eigenvalue weighted by molar-refractivity contribution is 0.0601. The smallest absolute Gasteiger partial charge is 0.342 e. The lowest BCUT2D eigenvalue weighted by Gasteiger charge is -2.06. The lowest BCUT2D eigenvalue weighted by Crippen LogP contribution is -2.04. The zero-order chi connectivity index (χ0) is 11.0. The van der Waals surface area contributed by atoms with Gasteiger partial charge in [0.05, 0.1) is 13.4 Å². The quantitative estimate of drug-likeness (QED) is 0.699. The molecule has 0 amide bonds. The maximum Gasteiger partial charge on any atom is 0.342 e. The highest BCUT2D eigenvalue weighted by Gasteiger charge is 2.18. The molecule has 0 aliphatic carbocycles. The van der Waals surface area contributed by atoms with E-state index in [1.165, 1.54) is 13.4 Å². The van der Waals surface area contributed by atoms with Gasteiger partial charge in [-0.2, -0.15) is 0 Å². The summed E-state index contributed by atoms with van der Waals surface area (Å²) in [6.45, 7) is 1.76. The molecule has 15 heavy (non-hydrogen) atoms. The first-order valence-electron chi connectivity index (χ1n) is 4.39. The standard InChI is InChI=1S/C11H9ClO3/c1-6-8(12)5-7-3-4-15-10(7)9(6)11(13)14-2/h3-5H,1-2H3. The van der Waals surface area contributed by atoms with Crippen molar-refractivity contribution in [1.82, 2.24) is 0 Å². The van der Waals surface area contributed by atoms with Gasteiger partial charge >= 0.3 is 5.97 Å². The Labute approximate surface area is 91.6 Å². The van der Waals surface area contributed by atoms with Crippen LogP contribution in [0, 0.1) is 6.92 Å². The van der Waals surface area contributed by atoms with Gasteiger partial charge in [-0.05, 0) is 24.6 Å².